The van der Waals surface area contributed by atoms with E-state index in [1.54, 1.807) is 12.2 Å². The van der Waals surface area contributed by atoms with E-state index < -0.39 is 0 Å². The van der Waals surface area contributed by atoms with Crippen molar-refractivity contribution in [2.24, 2.45) is 0 Å². The lowest BCUT2D eigenvalue weighted by molar-refractivity contribution is -0.0533. The number of rotatable bonds is 11. The molecule has 0 aromatic carbocycles. The van der Waals surface area contributed by atoms with Gasteiger partial charge >= 0.3 is 18.0 Å². The summed E-state index contributed by atoms with van der Waals surface area (Å²) in [6.07, 6.45) is 3.06. The van der Waals surface area contributed by atoms with E-state index in [-0.39, 0.29) is 44.0 Å². The molecule has 0 bridgehead atoms. The minimum Gasteiger partial charge on any atom is -0.460 e. The van der Waals surface area contributed by atoms with Crippen LogP contribution < -0.4 is 14.2 Å². The van der Waals surface area contributed by atoms with Crippen LogP contribution in [-0.4, -0.2) is 65.5 Å². The Morgan fingerprint density at radius 1 is 1.07 bits per heavy atom. The second kappa shape index (κ2) is 10.9. The summed E-state index contributed by atoms with van der Waals surface area (Å²) in [6, 6.07) is 4.14. The highest BCUT2D eigenvalue weighted by atomic mass is 79.9. The summed E-state index contributed by atoms with van der Waals surface area (Å²) >= 11 is 3.32. The van der Waals surface area contributed by atoms with Gasteiger partial charge in [-0.15, -0.1) is 15.0 Å². The summed E-state index contributed by atoms with van der Waals surface area (Å²) in [5.41, 5.74) is 0. The summed E-state index contributed by atoms with van der Waals surface area (Å²) in [7, 11) is 0. The summed E-state index contributed by atoms with van der Waals surface area (Å²) in [5.74, 6) is 0.893. The Hall–Kier alpha value is -2.43. The van der Waals surface area contributed by atoms with Gasteiger partial charge < -0.3 is 23.4 Å². The number of furan rings is 1. The van der Waals surface area contributed by atoms with Gasteiger partial charge in [0.2, 0.25) is 0 Å². The topological polar surface area (TPSA) is 92.0 Å². The first-order valence-corrected chi connectivity index (χ1v) is 9.90. The summed E-state index contributed by atoms with van der Waals surface area (Å²) in [6.45, 7) is 10.8. The highest BCUT2D eigenvalue weighted by Gasteiger charge is 2.23. The summed E-state index contributed by atoms with van der Waals surface area (Å²) in [5, 5.41) is 0. The van der Waals surface area contributed by atoms with E-state index in [0.717, 1.165) is 17.0 Å². The molecule has 0 aliphatic carbocycles. The van der Waals surface area contributed by atoms with E-state index in [1.807, 2.05) is 12.1 Å². The van der Waals surface area contributed by atoms with Crippen molar-refractivity contribution >= 4 is 15.9 Å². The predicted molar refractivity (Wildman–Crippen MR) is 108 cm³/mol. The average Bonchev–Trinajstić information content (AvgIpc) is 3.14. The van der Waals surface area contributed by atoms with Crippen LogP contribution in [0.3, 0.4) is 0 Å². The molecule has 10 heteroatoms. The molecule has 2 aromatic rings. The Morgan fingerprint density at radius 2 is 1.72 bits per heavy atom. The minimum atomic E-state index is -0.131. The molecule has 0 N–H and O–H groups in total. The molecule has 1 unspecified atom stereocenters. The lowest BCUT2D eigenvalue weighted by Gasteiger charge is -2.31. The van der Waals surface area contributed by atoms with Crippen LogP contribution in [0.15, 0.2) is 46.5 Å². The maximum Gasteiger partial charge on any atom is 0.326 e. The van der Waals surface area contributed by atoms with Gasteiger partial charge in [0.25, 0.3) is 0 Å². The Labute approximate surface area is 177 Å². The Kier molecular flexibility index (Phi) is 8.03. The van der Waals surface area contributed by atoms with Gasteiger partial charge in [0.15, 0.2) is 4.67 Å². The largest absolute Gasteiger partial charge is 0.460 e. The molecule has 1 fully saturated rings. The fourth-order valence-corrected chi connectivity index (χ4v) is 2.97. The fraction of sp³-hybridized carbons (Fsp3) is 0.421. The van der Waals surface area contributed by atoms with Crippen molar-refractivity contribution in [1.29, 1.82) is 0 Å². The first-order valence-electron chi connectivity index (χ1n) is 9.10. The third kappa shape index (κ3) is 6.84. The molecule has 156 valence electrons. The molecule has 0 saturated carbocycles. The van der Waals surface area contributed by atoms with E-state index >= 15 is 0 Å². The van der Waals surface area contributed by atoms with Crippen LogP contribution >= 0.6 is 15.9 Å². The zero-order chi connectivity index (χ0) is 20.5. The first kappa shape index (κ1) is 21.3. The van der Waals surface area contributed by atoms with Crippen LogP contribution in [0.25, 0.3) is 0 Å². The van der Waals surface area contributed by atoms with Crippen LogP contribution in [0.4, 0.5) is 0 Å². The molecule has 1 saturated heterocycles. The van der Waals surface area contributed by atoms with Crippen molar-refractivity contribution in [3.63, 3.8) is 0 Å². The molecule has 0 radical (unpaired) electrons. The second-order valence-corrected chi connectivity index (χ2v) is 6.91. The number of ether oxygens (including phenoxy) is 4. The summed E-state index contributed by atoms with van der Waals surface area (Å²) in [4.78, 5) is 14.6. The molecule has 2 aromatic heterocycles. The normalized spacial score (nSPS) is 16.9. The third-order valence-electron chi connectivity index (χ3n) is 3.86. The first-order chi connectivity index (χ1) is 14.2. The van der Waals surface area contributed by atoms with Crippen molar-refractivity contribution < 1.29 is 23.4 Å². The van der Waals surface area contributed by atoms with Crippen molar-refractivity contribution in [1.82, 2.24) is 19.9 Å². The maximum atomic E-state index is 5.80. The number of nitrogens with zero attached hydrogens (tertiary/aromatic N) is 4. The molecule has 3 rings (SSSR count). The van der Waals surface area contributed by atoms with Crippen molar-refractivity contribution in [2.45, 2.75) is 12.6 Å². The van der Waals surface area contributed by atoms with E-state index in [1.165, 1.54) is 0 Å². The van der Waals surface area contributed by atoms with E-state index in [0.29, 0.717) is 19.7 Å². The number of morpholine rings is 1. The SMILES string of the molecule is C=CCOc1nc(OCC=C)nc(OCC2CN(Cc3ccc(Br)o3)CCO2)n1. The highest BCUT2D eigenvalue weighted by molar-refractivity contribution is 9.10. The lowest BCUT2D eigenvalue weighted by atomic mass is 10.2. The molecule has 3 heterocycles. The molecule has 0 amide bonds. The summed E-state index contributed by atoms with van der Waals surface area (Å²) < 4.78 is 28.6. The van der Waals surface area contributed by atoms with Gasteiger partial charge in [0.05, 0.1) is 13.2 Å². The minimum absolute atomic E-state index is 0.101. The monoisotopic (exact) mass is 466 g/mol. The smallest absolute Gasteiger partial charge is 0.326 e. The van der Waals surface area contributed by atoms with Gasteiger partial charge in [-0.25, -0.2) is 0 Å². The molecule has 1 aliphatic heterocycles. The van der Waals surface area contributed by atoms with Gasteiger partial charge in [-0.2, -0.15) is 0 Å². The molecule has 1 atom stereocenters. The Bertz CT molecular complexity index is 785. The van der Waals surface area contributed by atoms with Crippen LogP contribution in [0.2, 0.25) is 0 Å². The van der Waals surface area contributed by atoms with E-state index in [9.17, 15) is 0 Å². The standard InChI is InChI=1S/C19H23BrN4O5/c1-3-8-26-17-21-18(27-9-4-2)23-19(22-17)28-13-15-12-24(7-10-25-15)11-14-5-6-16(20)29-14/h3-6,15H,1-2,7-13H2. The third-order valence-corrected chi connectivity index (χ3v) is 4.29. The lowest BCUT2D eigenvalue weighted by Crippen LogP contribution is -2.44. The van der Waals surface area contributed by atoms with E-state index in [2.05, 4.69) is 48.9 Å². The van der Waals surface area contributed by atoms with Crippen LogP contribution in [0.5, 0.6) is 18.0 Å². The maximum absolute atomic E-state index is 5.80. The van der Waals surface area contributed by atoms with Gasteiger partial charge in [-0.1, -0.05) is 25.3 Å². The zero-order valence-corrected chi connectivity index (χ0v) is 17.5. The molecule has 29 heavy (non-hydrogen) atoms. The number of hydrogen-bond donors (Lipinski definition) is 0. The predicted octanol–water partition coefficient (Wildman–Crippen LogP) is 2.64. The average molecular weight is 467 g/mol. The number of halogens is 1. The number of aromatic nitrogens is 3. The van der Waals surface area contributed by atoms with Crippen molar-refractivity contribution in [2.75, 3.05) is 39.5 Å². The Morgan fingerprint density at radius 3 is 2.31 bits per heavy atom. The second-order valence-electron chi connectivity index (χ2n) is 6.13. The zero-order valence-electron chi connectivity index (χ0n) is 16.0. The number of hydrogen-bond acceptors (Lipinski definition) is 9. The van der Waals surface area contributed by atoms with E-state index in [4.69, 9.17) is 23.4 Å². The molecular formula is C19H23BrN4O5. The quantitative estimate of drug-likeness (QED) is 0.463. The highest BCUT2D eigenvalue weighted by Crippen LogP contribution is 2.18. The van der Waals surface area contributed by atoms with Gasteiger partial charge in [-0.05, 0) is 28.1 Å². The van der Waals surface area contributed by atoms with Crippen LogP contribution in [-0.2, 0) is 11.3 Å². The molecular weight excluding hydrogens is 444 g/mol. The molecule has 9 nitrogen and oxygen atoms in total. The van der Waals surface area contributed by atoms with Crippen LogP contribution in [0.1, 0.15) is 5.76 Å². The molecule has 0 spiro atoms. The fourth-order valence-electron chi connectivity index (χ4n) is 2.63. The van der Waals surface area contributed by atoms with Gasteiger partial charge in [-0.3, -0.25) is 4.90 Å². The van der Waals surface area contributed by atoms with Gasteiger partial charge in [0, 0.05) is 13.1 Å². The Balaban J connectivity index is 1.57. The molecule has 1 aliphatic rings. The van der Waals surface area contributed by atoms with Crippen molar-refractivity contribution in [3.8, 4) is 18.0 Å². The van der Waals surface area contributed by atoms with Crippen molar-refractivity contribution in [3.05, 3.63) is 47.9 Å². The van der Waals surface area contributed by atoms with Gasteiger partial charge in [0.1, 0.15) is 31.7 Å². The van der Waals surface area contributed by atoms with Crippen LogP contribution in [0, 0.1) is 0 Å².